The lowest BCUT2D eigenvalue weighted by Crippen LogP contribution is -2.15. The fourth-order valence-electron chi connectivity index (χ4n) is 2.73. The van der Waals surface area contributed by atoms with Gasteiger partial charge in [-0.3, -0.25) is 4.79 Å². The number of hydrogen-bond acceptors (Lipinski definition) is 6. The highest BCUT2D eigenvalue weighted by Crippen LogP contribution is 2.29. The third-order valence-electron chi connectivity index (χ3n) is 4.17. The zero-order valence-corrected chi connectivity index (χ0v) is 16.0. The summed E-state index contributed by atoms with van der Waals surface area (Å²) >= 11 is 0. The summed E-state index contributed by atoms with van der Waals surface area (Å²) < 4.78 is 10.5. The van der Waals surface area contributed by atoms with Crippen LogP contribution < -0.4 is 20.1 Å². The molecule has 7 nitrogen and oxygen atoms in total. The maximum atomic E-state index is 12.6. The molecule has 2 N–H and O–H groups in total. The van der Waals surface area contributed by atoms with Crippen LogP contribution in [0.25, 0.3) is 0 Å². The molecule has 0 bridgehead atoms. The highest BCUT2D eigenvalue weighted by atomic mass is 16.5. The van der Waals surface area contributed by atoms with E-state index in [2.05, 4.69) is 27.5 Å². The number of benzene rings is 2. The van der Waals surface area contributed by atoms with Crippen LogP contribution >= 0.6 is 0 Å². The number of aromatic nitrogens is 2. The van der Waals surface area contributed by atoms with Gasteiger partial charge in [0.15, 0.2) is 11.5 Å². The minimum Gasteiger partial charge on any atom is -0.493 e. The summed E-state index contributed by atoms with van der Waals surface area (Å²) in [7, 11) is 3.10. The van der Waals surface area contributed by atoms with Crippen molar-refractivity contribution in [3.8, 4) is 11.5 Å². The molecule has 1 aromatic heterocycles. The molecule has 0 aliphatic carbocycles. The monoisotopic (exact) mass is 378 g/mol. The molecule has 0 radical (unpaired) electrons. The van der Waals surface area contributed by atoms with E-state index >= 15 is 0 Å². The van der Waals surface area contributed by atoms with Gasteiger partial charge >= 0.3 is 0 Å². The molecule has 1 amide bonds. The molecule has 0 saturated carbocycles. The van der Waals surface area contributed by atoms with E-state index in [9.17, 15) is 4.79 Å². The number of carbonyl (C=O) groups is 1. The van der Waals surface area contributed by atoms with E-state index in [1.54, 1.807) is 44.7 Å². The Balaban J connectivity index is 1.77. The molecule has 1 heterocycles. The number of hydrogen-bond donors (Lipinski definition) is 2. The van der Waals surface area contributed by atoms with Crippen LogP contribution in [0.1, 0.15) is 23.0 Å². The minimum absolute atomic E-state index is 0.251. The zero-order chi connectivity index (χ0) is 19.9. The molecule has 0 spiro atoms. The van der Waals surface area contributed by atoms with Crippen LogP contribution in [0, 0.1) is 0 Å². The quantitative estimate of drug-likeness (QED) is 0.645. The van der Waals surface area contributed by atoms with Gasteiger partial charge in [0, 0.05) is 23.6 Å². The third-order valence-corrected chi connectivity index (χ3v) is 4.17. The summed E-state index contributed by atoms with van der Waals surface area (Å²) in [6, 6.07) is 14.6. The first-order valence-corrected chi connectivity index (χ1v) is 8.86. The largest absolute Gasteiger partial charge is 0.493 e. The van der Waals surface area contributed by atoms with Crippen molar-refractivity contribution in [3.63, 3.8) is 0 Å². The summed E-state index contributed by atoms with van der Waals surface area (Å²) in [5.41, 5.74) is 2.89. The second-order valence-corrected chi connectivity index (χ2v) is 5.93. The molecule has 0 unspecified atom stereocenters. The van der Waals surface area contributed by atoms with Gasteiger partial charge in [0.25, 0.3) is 5.91 Å². The molecule has 0 atom stereocenters. The Kier molecular flexibility index (Phi) is 6.06. The van der Waals surface area contributed by atoms with Crippen molar-refractivity contribution in [2.45, 2.75) is 13.3 Å². The highest BCUT2D eigenvalue weighted by molar-refractivity contribution is 6.03. The molecule has 3 aromatic rings. The Hall–Kier alpha value is -3.61. The molecule has 3 rings (SSSR count). The van der Waals surface area contributed by atoms with E-state index in [1.165, 1.54) is 0 Å². The molecule has 7 heteroatoms. The van der Waals surface area contributed by atoms with Crippen LogP contribution in [0.4, 0.5) is 17.3 Å². The standard InChI is InChI=1S/C21H22N4O3/c1-4-14-7-5-6-8-16(14)24-21-22-12-11-17(25-21)20(26)23-15-9-10-18(27-2)19(13-15)28-3/h5-13H,4H2,1-3H3,(H,23,26)(H,22,24,25). The molecule has 0 aliphatic rings. The van der Waals surface area contributed by atoms with Crippen LogP contribution in [0.5, 0.6) is 11.5 Å². The Morgan fingerprint density at radius 3 is 2.57 bits per heavy atom. The Bertz CT molecular complexity index is 975. The van der Waals surface area contributed by atoms with E-state index < -0.39 is 0 Å². The number of para-hydroxylation sites is 1. The van der Waals surface area contributed by atoms with E-state index in [-0.39, 0.29) is 11.6 Å². The van der Waals surface area contributed by atoms with Gasteiger partial charge in [0.2, 0.25) is 5.95 Å². The summed E-state index contributed by atoms with van der Waals surface area (Å²) in [4.78, 5) is 21.1. The van der Waals surface area contributed by atoms with Crippen molar-refractivity contribution in [2.75, 3.05) is 24.9 Å². The van der Waals surface area contributed by atoms with Crippen molar-refractivity contribution >= 4 is 23.2 Å². The number of methoxy groups -OCH3 is 2. The van der Waals surface area contributed by atoms with Crippen molar-refractivity contribution in [1.29, 1.82) is 0 Å². The van der Waals surface area contributed by atoms with Gasteiger partial charge in [-0.25, -0.2) is 9.97 Å². The lowest BCUT2D eigenvalue weighted by molar-refractivity contribution is 0.102. The summed E-state index contributed by atoms with van der Waals surface area (Å²) in [6.07, 6.45) is 2.43. The Morgan fingerprint density at radius 1 is 1.04 bits per heavy atom. The van der Waals surface area contributed by atoms with Gasteiger partial charge in [-0.2, -0.15) is 0 Å². The number of nitrogens with zero attached hydrogens (tertiary/aromatic N) is 2. The van der Waals surface area contributed by atoms with Gasteiger partial charge in [-0.15, -0.1) is 0 Å². The maximum Gasteiger partial charge on any atom is 0.274 e. The average molecular weight is 378 g/mol. The third kappa shape index (κ3) is 4.37. The molecule has 0 fully saturated rings. The van der Waals surface area contributed by atoms with Crippen LogP contribution in [-0.4, -0.2) is 30.1 Å². The molecule has 144 valence electrons. The summed E-state index contributed by atoms with van der Waals surface area (Å²) in [5.74, 6) is 1.13. The lowest BCUT2D eigenvalue weighted by Gasteiger charge is -2.11. The Morgan fingerprint density at radius 2 is 1.82 bits per heavy atom. The van der Waals surface area contributed by atoms with Crippen molar-refractivity contribution in [3.05, 3.63) is 66.0 Å². The Labute approximate surface area is 163 Å². The van der Waals surface area contributed by atoms with Crippen molar-refractivity contribution in [2.24, 2.45) is 0 Å². The van der Waals surface area contributed by atoms with E-state index in [0.29, 0.717) is 23.1 Å². The SMILES string of the molecule is CCc1ccccc1Nc1nccc(C(=O)Nc2ccc(OC)c(OC)c2)n1. The first kappa shape index (κ1) is 19.2. The molecule has 28 heavy (non-hydrogen) atoms. The molecule has 0 saturated heterocycles. The smallest absolute Gasteiger partial charge is 0.274 e. The number of carbonyl (C=O) groups excluding carboxylic acids is 1. The molecular formula is C21H22N4O3. The van der Waals surface area contributed by atoms with Crippen molar-refractivity contribution in [1.82, 2.24) is 9.97 Å². The normalized spacial score (nSPS) is 10.2. The number of anilines is 3. The lowest BCUT2D eigenvalue weighted by atomic mass is 10.1. The van der Waals surface area contributed by atoms with Gasteiger partial charge in [0.05, 0.1) is 14.2 Å². The first-order chi connectivity index (χ1) is 13.6. The topological polar surface area (TPSA) is 85.4 Å². The number of aryl methyl sites for hydroxylation is 1. The van der Waals surface area contributed by atoms with E-state index in [1.807, 2.05) is 24.3 Å². The van der Waals surface area contributed by atoms with Crippen LogP contribution in [0.3, 0.4) is 0 Å². The number of rotatable bonds is 7. The van der Waals surface area contributed by atoms with Gasteiger partial charge in [-0.1, -0.05) is 25.1 Å². The zero-order valence-electron chi connectivity index (χ0n) is 16.0. The van der Waals surface area contributed by atoms with Crippen LogP contribution in [0.15, 0.2) is 54.7 Å². The van der Waals surface area contributed by atoms with Gasteiger partial charge < -0.3 is 20.1 Å². The number of ether oxygens (including phenoxy) is 2. The van der Waals surface area contributed by atoms with Crippen LogP contribution in [0.2, 0.25) is 0 Å². The second-order valence-electron chi connectivity index (χ2n) is 5.93. The van der Waals surface area contributed by atoms with Gasteiger partial charge in [-0.05, 0) is 36.2 Å². The molecule has 0 aliphatic heterocycles. The van der Waals surface area contributed by atoms with Gasteiger partial charge in [0.1, 0.15) is 5.69 Å². The maximum absolute atomic E-state index is 12.6. The average Bonchev–Trinajstić information content (AvgIpc) is 2.74. The number of nitrogens with one attached hydrogen (secondary N) is 2. The second kappa shape index (κ2) is 8.85. The summed E-state index contributed by atoms with van der Waals surface area (Å²) in [5, 5.41) is 5.98. The molecule has 2 aromatic carbocycles. The van der Waals surface area contributed by atoms with Crippen LogP contribution in [-0.2, 0) is 6.42 Å². The molecular weight excluding hydrogens is 356 g/mol. The predicted octanol–water partition coefficient (Wildman–Crippen LogP) is 4.05. The fourth-order valence-corrected chi connectivity index (χ4v) is 2.73. The minimum atomic E-state index is -0.346. The number of amides is 1. The first-order valence-electron chi connectivity index (χ1n) is 8.86. The van der Waals surface area contributed by atoms with Crippen molar-refractivity contribution < 1.29 is 14.3 Å². The predicted molar refractivity (Wildman–Crippen MR) is 109 cm³/mol. The highest BCUT2D eigenvalue weighted by Gasteiger charge is 2.12. The fraction of sp³-hybridized carbons (Fsp3) is 0.190. The van der Waals surface area contributed by atoms with E-state index in [0.717, 1.165) is 17.7 Å². The van der Waals surface area contributed by atoms with E-state index in [4.69, 9.17) is 9.47 Å². The summed E-state index contributed by atoms with van der Waals surface area (Å²) in [6.45, 7) is 2.08.